The van der Waals surface area contributed by atoms with E-state index in [1.807, 2.05) is 17.5 Å². The molecule has 2 nitrogen and oxygen atoms in total. The molecule has 14 aromatic rings. The molecule has 0 saturated heterocycles. The smallest absolute Gasteiger partial charge is 0.0979 e. The Morgan fingerprint density at radius 3 is 1.42 bits per heavy atom. The number of thiophene rings is 1. The average Bonchev–Trinajstić information content (AvgIpc) is 3.80. The number of fused-ring (bicyclic) bond motifs is 11. The molecule has 0 aliphatic rings. The minimum absolute atomic E-state index is 0.862. The lowest BCUT2D eigenvalue weighted by Gasteiger charge is -2.12. The van der Waals surface area contributed by atoms with Crippen molar-refractivity contribution >= 4 is 85.6 Å². The van der Waals surface area contributed by atoms with Crippen molar-refractivity contribution < 1.29 is 0 Å². The van der Waals surface area contributed by atoms with Gasteiger partial charge in [0.15, 0.2) is 0 Å². The van der Waals surface area contributed by atoms with E-state index >= 15 is 0 Å². The Kier molecular flexibility index (Phi) is 9.11. The van der Waals surface area contributed by atoms with Crippen LogP contribution in [0.1, 0.15) is 0 Å². The van der Waals surface area contributed by atoms with Crippen molar-refractivity contribution in [1.29, 1.82) is 0 Å². The van der Waals surface area contributed by atoms with Gasteiger partial charge in [-0.2, -0.15) is 0 Å². The molecule has 0 saturated carbocycles. The van der Waals surface area contributed by atoms with Crippen molar-refractivity contribution in [2.45, 2.75) is 0 Å². The monoisotopic (exact) mass is 892 g/mol. The summed E-state index contributed by atoms with van der Waals surface area (Å²) in [5, 5.41) is 12.2. The zero-order chi connectivity index (χ0) is 45.4. The van der Waals surface area contributed by atoms with Crippen LogP contribution in [0.4, 0.5) is 0 Å². The lowest BCUT2D eigenvalue weighted by Crippen LogP contribution is -1.92. The van der Waals surface area contributed by atoms with Gasteiger partial charge in [0.25, 0.3) is 0 Å². The molecular formula is C66H40N2S. The Morgan fingerprint density at radius 2 is 0.754 bits per heavy atom. The highest BCUT2D eigenvalue weighted by molar-refractivity contribution is 7.26. The zero-order valence-electron chi connectivity index (χ0n) is 37.4. The Hall–Kier alpha value is -8.76. The van der Waals surface area contributed by atoms with E-state index in [9.17, 15) is 0 Å². The third kappa shape index (κ3) is 6.78. The fourth-order valence-corrected chi connectivity index (χ4v) is 11.7. The summed E-state index contributed by atoms with van der Waals surface area (Å²) in [6.45, 7) is 0. The highest BCUT2D eigenvalue weighted by atomic mass is 32.1. The minimum Gasteiger partial charge on any atom is -0.252 e. The van der Waals surface area contributed by atoms with Gasteiger partial charge in [-0.05, 0) is 131 Å². The molecular weight excluding hydrogens is 853 g/mol. The third-order valence-electron chi connectivity index (χ3n) is 14.0. The molecule has 12 aromatic carbocycles. The van der Waals surface area contributed by atoms with E-state index in [4.69, 9.17) is 9.97 Å². The second-order valence-electron chi connectivity index (χ2n) is 18.1. The lowest BCUT2D eigenvalue weighted by molar-refractivity contribution is 1.31. The standard InChI is InChI=1S/C66H40N2S/c1-3-13-45-33-49(29-27-41(45)11-1)51-31-32-63-60(37-51)61-39-54(50-30-28-42-12-2-4-14-46(42)34-50)38-59(66(61)69-63)52-17-9-15-47(35-52)43-23-25-44(26-24-43)48-16-10-18-53(36-48)62-40-67-64-57-21-7-5-19-55(57)56-20-6-8-22-58(56)65(64)68-62/h1-40H. The van der Waals surface area contributed by atoms with Crippen LogP contribution in [0.5, 0.6) is 0 Å². The van der Waals surface area contributed by atoms with Crippen molar-refractivity contribution in [2.24, 2.45) is 0 Å². The van der Waals surface area contributed by atoms with Gasteiger partial charge in [0.05, 0.1) is 22.9 Å². The largest absolute Gasteiger partial charge is 0.252 e. The van der Waals surface area contributed by atoms with Crippen LogP contribution in [0, 0.1) is 0 Å². The first-order valence-electron chi connectivity index (χ1n) is 23.5. The van der Waals surface area contributed by atoms with E-state index < -0.39 is 0 Å². The van der Waals surface area contributed by atoms with Crippen LogP contribution in [-0.4, -0.2) is 9.97 Å². The predicted octanol–water partition coefficient (Wildman–Crippen LogP) is 18.6. The van der Waals surface area contributed by atoms with Gasteiger partial charge in [0, 0.05) is 42.1 Å². The number of benzene rings is 12. The van der Waals surface area contributed by atoms with Crippen LogP contribution in [0.25, 0.3) is 141 Å². The topological polar surface area (TPSA) is 25.8 Å². The number of nitrogens with zero attached hydrogens (tertiary/aromatic N) is 2. The molecule has 2 aromatic heterocycles. The molecule has 2 heterocycles. The van der Waals surface area contributed by atoms with Crippen molar-refractivity contribution in [1.82, 2.24) is 9.97 Å². The van der Waals surface area contributed by atoms with Crippen LogP contribution >= 0.6 is 11.3 Å². The number of rotatable bonds is 6. The maximum Gasteiger partial charge on any atom is 0.0979 e. The molecule has 0 unspecified atom stereocenters. The van der Waals surface area contributed by atoms with Crippen LogP contribution in [0.3, 0.4) is 0 Å². The third-order valence-corrected chi connectivity index (χ3v) is 15.3. The van der Waals surface area contributed by atoms with Crippen LogP contribution in [-0.2, 0) is 0 Å². The molecule has 320 valence electrons. The zero-order valence-corrected chi connectivity index (χ0v) is 38.2. The molecule has 0 fully saturated rings. The first kappa shape index (κ1) is 39.4. The summed E-state index contributed by atoms with van der Waals surface area (Å²) < 4.78 is 2.59. The molecule has 3 heteroatoms. The van der Waals surface area contributed by atoms with E-state index in [0.717, 1.165) is 44.2 Å². The van der Waals surface area contributed by atoms with Gasteiger partial charge in [0.1, 0.15) is 0 Å². The number of aromatic nitrogens is 2. The highest BCUT2D eigenvalue weighted by Gasteiger charge is 2.17. The highest BCUT2D eigenvalue weighted by Crippen LogP contribution is 2.45. The molecule has 14 rings (SSSR count). The van der Waals surface area contributed by atoms with E-state index in [-0.39, 0.29) is 0 Å². The normalized spacial score (nSPS) is 11.8. The van der Waals surface area contributed by atoms with Gasteiger partial charge in [0.2, 0.25) is 0 Å². The molecule has 69 heavy (non-hydrogen) atoms. The summed E-state index contributed by atoms with van der Waals surface area (Å²) in [6, 6.07) is 86.5. The molecule has 0 atom stereocenters. The second kappa shape index (κ2) is 16.0. The van der Waals surface area contributed by atoms with Gasteiger partial charge in [-0.3, -0.25) is 4.98 Å². The van der Waals surface area contributed by atoms with Crippen molar-refractivity contribution in [3.05, 3.63) is 243 Å². The average molecular weight is 893 g/mol. The molecule has 0 bridgehead atoms. The predicted molar refractivity (Wildman–Crippen MR) is 295 cm³/mol. The molecule has 0 aliphatic carbocycles. The fraction of sp³-hybridized carbons (Fsp3) is 0. The van der Waals surface area contributed by atoms with Crippen LogP contribution < -0.4 is 0 Å². The summed E-state index contributed by atoms with van der Waals surface area (Å²) in [6.07, 6.45) is 1.92. The molecule has 0 radical (unpaired) electrons. The number of hydrogen-bond acceptors (Lipinski definition) is 3. The molecule has 0 amide bonds. The van der Waals surface area contributed by atoms with E-state index in [0.29, 0.717) is 0 Å². The summed E-state index contributed by atoms with van der Waals surface area (Å²) in [5.41, 5.74) is 15.8. The summed E-state index contributed by atoms with van der Waals surface area (Å²) in [4.78, 5) is 10.3. The van der Waals surface area contributed by atoms with E-state index in [1.165, 1.54) is 97.0 Å². The summed E-state index contributed by atoms with van der Waals surface area (Å²) in [5.74, 6) is 0. The molecule has 0 aliphatic heterocycles. The van der Waals surface area contributed by atoms with Gasteiger partial charge >= 0.3 is 0 Å². The van der Waals surface area contributed by atoms with Gasteiger partial charge < -0.3 is 0 Å². The lowest BCUT2D eigenvalue weighted by atomic mass is 9.92. The van der Waals surface area contributed by atoms with Gasteiger partial charge in [-0.25, -0.2) is 4.98 Å². The number of hydrogen-bond donors (Lipinski definition) is 0. The Labute approximate surface area is 403 Å². The minimum atomic E-state index is 0.862. The van der Waals surface area contributed by atoms with Gasteiger partial charge in [-0.1, -0.05) is 188 Å². The van der Waals surface area contributed by atoms with Crippen LogP contribution in [0.2, 0.25) is 0 Å². The van der Waals surface area contributed by atoms with Crippen LogP contribution in [0.15, 0.2) is 243 Å². The summed E-state index contributed by atoms with van der Waals surface area (Å²) >= 11 is 1.89. The summed E-state index contributed by atoms with van der Waals surface area (Å²) in [7, 11) is 0. The second-order valence-corrected chi connectivity index (χ2v) is 19.2. The SMILES string of the molecule is c1cc(-c2ccc(-c3cccc(-c4cc(-c5ccc6ccccc6c5)cc5c4sc4ccc(-c6ccc7ccccc7c6)cc45)c3)cc2)cc(-c2cnc3c4ccccc4c4ccccc4c3n2)c1. The van der Waals surface area contributed by atoms with Gasteiger partial charge in [-0.15, -0.1) is 11.3 Å². The van der Waals surface area contributed by atoms with Crippen molar-refractivity contribution in [3.63, 3.8) is 0 Å². The Morgan fingerprint density at radius 1 is 0.275 bits per heavy atom. The first-order valence-corrected chi connectivity index (χ1v) is 24.3. The van der Waals surface area contributed by atoms with Crippen molar-refractivity contribution in [2.75, 3.05) is 0 Å². The maximum atomic E-state index is 5.27. The Balaban J connectivity index is 0.837. The fourth-order valence-electron chi connectivity index (χ4n) is 10.5. The van der Waals surface area contributed by atoms with E-state index in [2.05, 4.69) is 237 Å². The first-order chi connectivity index (χ1) is 34.1. The van der Waals surface area contributed by atoms with E-state index in [1.54, 1.807) is 0 Å². The molecule has 0 spiro atoms. The quantitative estimate of drug-likeness (QED) is 0.155. The Bertz CT molecular complexity index is 4340. The molecule has 0 N–H and O–H groups in total. The van der Waals surface area contributed by atoms with Crippen molar-refractivity contribution in [3.8, 4) is 66.9 Å². The maximum absolute atomic E-state index is 5.27.